The molecule has 0 saturated carbocycles. The summed E-state index contributed by atoms with van der Waals surface area (Å²) >= 11 is 0. The molecule has 0 atom stereocenters. The minimum atomic E-state index is -0.875. The van der Waals surface area contributed by atoms with Gasteiger partial charge in [0.25, 0.3) is 0 Å². The maximum atomic E-state index is 12.1. The summed E-state index contributed by atoms with van der Waals surface area (Å²) in [5.74, 6) is 0. The van der Waals surface area contributed by atoms with Crippen molar-refractivity contribution < 1.29 is 5.11 Å². The highest BCUT2D eigenvalue weighted by Crippen LogP contribution is 2.43. The van der Waals surface area contributed by atoms with Crippen LogP contribution < -0.4 is 0 Å². The van der Waals surface area contributed by atoms with Crippen LogP contribution in [0.4, 0.5) is 0 Å². The van der Waals surface area contributed by atoms with Crippen molar-refractivity contribution in [2.45, 2.75) is 54.1 Å². The van der Waals surface area contributed by atoms with Gasteiger partial charge in [0.2, 0.25) is 0 Å². The molecule has 0 bridgehead atoms. The molecule has 0 aromatic carbocycles. The summed E-state index contributed by atoms with van der Waals surface area (Å²) in [5.41, 5.74) is -1.23. The summed E-state index contributed by atoms with van der Waals surface area (Å²) in [6, 6.07) is 0. The average molecular weight is 157 g/mol. The Bertz CT molecular complexity index is 116. The molecule has 1 heteroatoms. The zero-order valence-electron chi connectivity index (χ0n) is 8.91. The molecule has 0 aliphatic carbocycles. The Kier molecular flexibility index (Phi) is 2.47. The number of rotatable bonds is 0. The highest BCUT2D eigenvalue weighted by atomic mass is 16.3. The van der Waals surface area contributed by atoms with Crippen LogP contribution in [0.15, 0.2) is 0 Å². The van der Waals surface area contributed by atoms with E-state index in [9.17, 15) is 5.11 Å². The van der Waals surface area contributed by atoms with E-state index in [0.717, 1.165) is 0 Å². The first-order chi connectivity index (χ1) is 4.50. The van der Waals surface area contributed by atoms with Crippen molar-refractivity contribution in [3.8, 4) is 0 Å². The maximum Gasteiger partial charge on any atom is 0.110 e. The van der Waals surface area contributed by atoms with Crippen molar-refractivity contribution in [3.63, 3.8) is 0 Å². The second kappa shape index (κ2) is 2.48. The molecule has 0 spiro atoms. The average Bonchev–Trinajstić information content (AvgIpc) is 1.58. The summed E-state index contributed by atoms with van der Waals surface area (Å²) in [6.45, 7) is 13.8. The Hall–Kier alpha value is -0.0400. The summed E-state index contributed by atoms with van der Waals surface area (Å²) in [6.07, 6.45) is 0. The first-order valence-electron chi connectivity index (χ1n) is 4.20. The van der Waals surface area contributed by atoms with Gasteiger partial charge >= 0.3 is 0 Å². The van der Waals surface area contributed by atoms with Gasteiger partial charge in [-0.3, -0.25) is 0 Å². The van der Waals surface area contributed by atoms with E-state index < -0.39 is 5.60 Å². The van der Waals surface area contributed by atoms with Crippen LogP contribution in [0.25, 0.3) is 0 Å². The van der Waals surface area contributed by atoms with Crippen LogP contribution in [0.2, 0.25) is 0 Å². The topological polar surface area (TPSA) is 19.9 Å². The summed E-state index contributed by atoms with van der Waals surface area (Å²) in [4.78, 5) is 0. The van der Waals surface area contributed by atoms with Crippen molar-refractivity contribution in [1.82, 2.24) is 0 Å². The fourth-order valence-electron chi connectivity index (χ4n) is 1.12. The summed E-state index contributed by atoms with van der Waals surface area (Å²) in [7, 11) is 0. The van der Waals surface area contributed by atoms with Crippen molar-refractivity contribution >= 4 is 0 Å². The standard InChI is InChI=1S/C10H21O/c1-8(2,3)10(7,11)9(4,5)6/h1-7H3. The molecule has 0 aliphatic heterocycles. The lowest BCUT2D eigenvalue weighted by molar-refractivity contribution is -0.167. The lowest BCUT2D eigenvalue weighted by Gasteiger charge is -2.44. The third-order valence-electron chi connectivity index (χ3n) is 2.86. The maximum absolute atomic E-state index is 12.1. The number of hydrogen-bond acceptors (Lipinski definition) is 0. The first-order valence-corrected chi connectivity index (χ1v) is 4.20. The van der Waals surface area contributed by atoms with Crippen LogP contribution in [-0.2, 0) is 5.11 Å². The fraction of sp³-hybridized carbons (Fsp3) is 1.00. The molecule has 11 heavy (non-hydrogen) atoms. The van der Waals surface area contributed by atoms with Gasteiger partial charge in [0, 0.05) is 0 Å². The van der Waals surface area contributed by atoms with Crippen LogP contribution in [0.3, 0.4) is 0 Å². The minimum Gasteiger partial charge on any atom is -0.229 e. The SMILES string of the molecule is CC(C)(C)C(C)([O])C(C)(C)C. The first kappa shape index (κ1) is 11.0. The van der Waals surface area contributed by atoms with Gasteiger partial charge in [0.15, 0.2) is 0 Å². The molecule has 0 unspecified atom stereocenters. The van der Waals surface area contributed by atoms with Gasteiger partial charge < -0.3 is 0 Å². The zero-order valence-corrected chi connectivity index (χ0v) is 8.91. The van der Waals surface area contributed by atoms with Crippen LogP contribution in [0.1, 0.15) is 48.5 Å². The van der Waals surface area contributed by atoms with Crippen LogP contribution in [0.5, 0.6) is 0 Å². The van der Waals surface area contributed by atoms with E-state index in [1.807, 2.05) is 41.5 Å². The molecule has 0 N–H and O–H groups in total. The van der Waals surface area contributed by atoms with Crippen LogP contribution in [-0.4, -0.2) is 5.60 Å². The van der Waals surface area contributed by atoms with Crippen LogP contribution in [0, 0.1) is 10.8 Å². The van der Waals surface area contributed by atoms with E-state index in [0.29, 0.717) is 0 Å². The van der Waals surface area contributed by atoms with Crippen molar-refractivity contribution in [1.29, 1.82) is 0 Å². The van der Waals surface area contributed by atoms with E-state index in [-0.39, 0.29) is 10.8 Å². The summed E-state index contributed by atoms with van der Waals surface area (Å²) in [5, 5.41) is 12.1. The zero-order chi connectivity index (χ0) is 9.50. The Balaban J connectivity index is 4.75. The van der Waals surface area contributed by atoms with Crippen molar-refractivity contribution in [2.75, 3.05) is 0 Å². The Labute approximate surface area is 70.8 Å². The van der Waals surface area contributed by atoms with Crippen LogP contribution >= 0.6 is 0 Å². The predicted octanol–water partition coefficient (Wildman–Crippen LogP) is 3.27. The molecule has 67 valence electrons. The normalized spacial score (nSPS) is 15.3. The lowest BCUT2D eigenvalue weighted by Crippen LogP contribution is -2.49. The minimum absolute atomic E-state index is 0.175. The molecule has 0 rings (SSSR count). The quantitative estimate of drug-likeness (QED) is 0.514. The van der Waals surface area contributed by atoms with Gasteiger partial charge in [-0.15, -0.1) is 0 Å². The van der Waals surface area contributed by atoms with Crippen molar-refractivity contribution in [3.05, 3.63) is 0 Å². The third kappa shape index (κ3) is 1.96. The van der Waals surface area contributed by atoms with Crippen molar-refractivity contribution in [2.24, 2.45) is 10.8 Å². The molecule has 0 aliphatic rings. The van der Waals surface area contributed by atoms with E-state index >= 15 is 0 Å². The monoisotopic (exact) mass is 157 g/mol. The van der Waals surface area contributed by atoms with Gasteiger partial charge in [0.05, 0.1) is 0 Å². The van der Waals surface area contributed by atoms with Gasteiger partial charge in [-0.05, 0) is 17.8 Å². The molecular weight excluding hydrogens is 136 g/mol. The smallest absolute Gasteiger partial charge is 0.110 e. The lowest BCUT2D eigenvalue weighted by atomic mass is 9.64. The molecule has 1 nitrogen and oxygen atoms in total. The summed E-state index contributed by atoms with van der Waals surface area (Å²) < 4.78 is 0. The molecular formula is C10H21O. The molecule has 0 heterocycles. The molecule has 1 radical (unpaired) electrons. The fourth-order valence-corrected chi connectivity index (χ4v) is 1.12. The second-order valence-electron chi connectivity index (χ2n) is 5.53. The predicted molar refractivity (Wildman–Crippen MR) is 48.0 cm³/mol. The Morgan fingerprint density at radius 3 is 0.818 bits per heavy atom. The highest BCUT2D eigenvalue weighted by Gasteiger charge is 2.46. The van der Waals surface area contributed by atoms with Gasteiger partial charge in [-0.2, -0.15) is 0 Å². The highest BCUT2D eigenvalue weighted by molar-refractivity contribution is 4.95. The van der Waals surface area contributed by atoms with Gasteiger partial charge in [-0.1, -0.05) is 41.5 Å². The van der Waals surface area contributed by atoms with E-state index in [4.69, 9.17) is 0 Å². The largest absolute Gasteiger partial charge is 0.229 e. The third-order valence-corrected chi connectivity index (χ3v) is 2.86. The molecule has 0 aromatic rings. The Morgan fingerprint density at radius 2 is 0.818 bits per heavy atom. The molecule has 0 fully saturated rings. The Morgan fingerprint density at radius 1 is 0.636 bits per heavy atom. The molecule has 0 saturated heterocycles. The van der Waals surface area contributed by atoms with E-state index in [1.165, 1.54) is 0 Å². The van der Waals surface area contributed by atoms with E-state index in [2.05, 4.69) is 0 Å². The molecule has 0 aromatic heterocycles. The molecule has 0 amide bonds. The number of hydrogen-bond donors (Lipinski definition) is 0. The van der Waals surface area contributed by atoms with Gasteiger partial charge in [-0.25, -0.2) is 5.11 Å². The second-order valence-corrected chi connectivity index (χ2v) is 5.53. The van der Waals surface area contributed by atoms with E-state index in [1.54, 1.807) is 6.92 Å². The van der Waals surface area contributed by atoms with Gasteiger partial charge in [0.1, 0.15) is 5.60 Å².